The normalized spacial score (nSPS) is 11.6. The zero-order valence-corrected chi connectivity index (χ0v) is 21.6. The summed E-state index contributed by atoms with van der Waals surface area (Å²) in [4.78, 5) is 28.8. The van der Waals surface area contributed by atoms with Crippen molar-refractivity contribution in [2.75, 3.05) is 6.54 Å². The van der Waals surface area contributed by atoms with E-state index in [2.05, 4.69) is 28.2 Å². The summed E-state index contributed by atoms with van der Waals surface area (Å²) in [6.07, 6.45) is 2.62. The van der Waals surface area contributed by atoms with Crippen molar-refractivity contribution in [2.45, 2.75) is 52.1 Å². The van der Waals surface area contributed by atoms with Gasteiger partial charge >= 0.3 is 0 Å². The molecule has 0 aliphatic heterocycles. The molecule has 3 aromatic carbocycles. The highest BCUT2D eigenvalue weighted by Gasteiger charge is 2.30. The Morgan fingerprint density at radius 2 is 1.62 bits per heavy atom. The molecule has 34 heavy (non-hydrogen) atoms. The number of amides is 2. The largest absolute Gasteiger partial charge is 0.354 e. The van der Waals surface area contributed by atoms with E-state index in [1.165, 1.54) is 0 Å². The van der Waals surface area contributed by atoms with Gasteiger partial charge in [0.15, 0.2) is 0 Å². The lowest BCUT2D eigenvalue weighted by molar-refractivity contribution is -0.140. The maximum Gasteiger partial charge on any atom is 0.243 e. The lowest BCUT2D eigenvalue weighted by atomic mass is 10.0. The molecule has 0 saturated carbocycles. The van der Waals surface area contributed by atoms with Crippen LogP contribution in [0.5, 0.6) is 0 Å². The standard InChI is InChI=1S/C29H33BrN2O2/c1-3-4-17-31-29(34)27(19-23-9-6-5-7-10-23)32(21-25-11-8-12-26(30)18-25)28(33)20-24-15-13-22(2)14-16-24/h5-16,18,27H,3-4,17,19-21H2,1-2H3,(H,31,34). The second-order valence-electron chi connectivity index (χ2n) is 8.66. The molecule has 1 unspecified atom stereocenters. The van der Waals surface area contributed by atoms with Crippen molar-refractivity contribution >= 4 is 27.7 Å². The minimum absolute atomic E-state index is 0.0598. The van der Waals surface area contributed by atoms with E-state index in [-0.39, 0.29) is 18.2 Å². The van der Waals surface area contributed by atoms with Crippen molar-refractivity contribution in [1.29, 1.82) is 0 Å². The van der Waals surface area contributed by atoms with E-state index in [0.29, 0.717) is 19.5 Å². The van der Waals surface area contributed by atoms with Crippen LogP contribution in [-0.2, 0) is 29.0 Å². The Labute approximate surface area is 211 Å². The quantitative estimate of drug-likeness (QED) is 0.322. The maximum atomic E-state index is 13.7. The molecule has 0 radical (unpaired) electrons. The van der Waals surface area contributed by atoms with E-state index >= 15 is 0 Å². The summed E-state index contributed by atoms with van der Waals surface area (Å²) < 4.78 is 0.947. The first-order chi connectivity index (χ1) is 16.5. The van der Waals surface area contributed by atoms with E-state index in [4.69, 9.17) is 0 Å². The zero-order valence-electron chi connectivity index (χ0n) is 20.0. The fourth-order valence-electron chi connectivity index (χ4n) is 3.87. The number of unbranched alkanes of at least 4 members (excludes halogenated alkanes) is 1. The maximum absolute atomic E-state index is 13.7. The number of aryl methyl sites for hydroxylation is 1. The Morgan fingerprint density at radius 1 is 0.912 bits per heavy atom. The first kappa shape index (κ1) is 25.7. The van der Waals surface area contributed by atoms with Gasteiger partial charge < -0.3 is 10.2 Å². The van der Waals surface area contributed by atoms with Crippen LogP contribution in [0, 0.1) is 6.92 Å². The van der Waals surface area contributed by atoms with Crippen LogP contribution < -0.4 is 5.32 Å². The smallest absolute Gasteiger partial charge is 0.243 e. The van der Waals surface area contributed by atoms with Crippen molar-refractivity contribution in [3.8, 4) is 0 Å². The highest BCUT2D eigenvalue weighted by atomic mass is 79.9. The summed E-state index contributed by atoms with van der Waals surface area (Å²) in [7, 11) is 0. The number of hydrogen-bond donors (Lipinski definition) is 1. The molecule has 0 aromatic heterocycles. The molecule has 1 atom stereocenters. The number of hydrogen-bond acceptors (Lipinski definition) is 2. The van der Waals surface area contributed by atoms with Gasteiger partial charge in [0, 0.05) is 24.0 Å². The SMILES string of the molecule is CCCCNC(=O)C(Cc1ccccc1)N(Cc1cccc(Br)c1)C(=O)Cc1ccc(C)cc1. The van der Waals surface area contributed by atoms with E-state index in [0.717, 1.165) is 39.6 Å². The van der Waals surface area contributed by atoms with E-state index in [9.17, 15) is 9.59 Å². The Morgan fingerprint density at radius 3 is 2.29 bits per heavy atom. The molecular formula is C29H33BrN2O2. The third-order valence-electron chi connectivity index (χ3n) is 5.82. The summed E-state index contributed by atoms with van der Waals surface area (Å²) in [5.41, 5.74) is 4.10. The van der Waals surface area contributed by atoms with Gasteiger partial charge in [-0.05, 0) is 42.2 Å². The number of rotatable bonds is 11. The van der Waals surface area contributed by atoms with Crippen LogP contribution in [0.25, 0.3) is 0 Å². The molecule has 0 fully saturated rings. The van der Waals surface area contributed by atoms with Gasteiger partial charge in [-0.3, -0.25) is 9.59 Å². The Bertz CT molecular complexity index is 1070. The highest BCUT2D eigenvalue weighted by molar-refractivity contribution is 9.10. The third-order valence-corrected chi connectivity index (χ3v) is 6.31. The third kappa shape index (κ3) is 7.84. The molecule has 178 valence electrons. The number of benzene rings is 3. The molecule has 2 amide bonds. The molecule has 1 N–H and O–H groups in total. The first-order valence-corrected chi connectivity index (χ1v) is 12.7. The van der Waals surface area contributed by atoms with Crippen LogP contribution >= 0.6 is 15.9 Å². The van der Waals surface area contributed by atoms with Gasteiger partial charge in [0.2, 0.25) is 11.8 Å². The van der Waals surface area contributed by atoms with Crippen LogP contribution in [-0.4, -0.2) is 29.3 Å². The Hall–Kier alpha value is -2.92. The number of nitrogens with one attached hydrogen (secondary N) is 1. The summed E-state index contributed by atoms with van der Waals surface area (Å²) in [6, 6.07) is 25.2. The molecule has 0 aliphatic carbocycles. The summed E-state index contributed by atoms with van der Waals surface area (Å²) >= 11 is 3.53. The minimum atomic E-state index is -0.601. The van der Waals surface area contributed by atoms with Crippen LogP contribution in [0.4, 0.5) is 0 Å². The fourth-order valence-corrected chi connectivity index (χ4v) is 4.32. The molecule has 0 saturated heterocycles. The monoisotopic (exact) mass is 520 g/mol. The lowest BCUT2D eigenvalue weighted by Crippen LogP contribution is -2.51. The summed E-state index contributed by atoms with van der Waals surface area (Å²) in [6.45, 7) is 5.10. The number of carbonyl (C=O) groups is 2. The number of carbonyl (C=O) groups excluding carboxylic acids is 2. The average molecular weight is 521 g/mol. The first-order valence-electron chi connectivity index (χ1n) is 11.9. The van der Waals surface area contributed by atoms with Crippen molar-refractivity contribution in [3.05, 3.63) is 106 Å². The molecule has 3 aromatic rings. The van der Waals surface area contributed by atoms with Gasteiger partial charge in [-0.15, -0.1) is 0 Å². The van der Waals surface area contributed by atoms with Crippen molar-refractivity contribution in [3.63, 3.8) is 0 Å². The van der Waals surface area contributed by atoms with Crippen LogP contribution in [0.2, 0.25) is 0 Å². The van der Waals surface area contributed by atoms with Crippen LogP contribution in [0.3, 0.4) is 0 Å². The van der Waals surface area contributed by atoms with Crippen LogP contribution in [0.1, 0.15) is 42.0 Å². The Balaban J connectivity index is 1.93. The van der Waals surface area contributed by atoms with Gasteiger partial charge in [0.25, 0.3) is 0 Å². The molecule has 0 aliphatic rings. The average Bonchev–Trinajstić information content (AvgIpc) is 2.83. The molecule has 0 heterocycles. The molecular weight excluding hydrogens is 488 g/mol. The predicted octanol–water partition coefficient (Wildman–Crippen LogP) is 5.86. The van der Waals surface area contributed by atoms with E-state index in [1.807, 2.05) is 85.8 Å². The molecule has 3 rings (SSSR count). The molecule has 0 bridgehead atoms. The zero-order chi connectivity index (χ0) is 24.3. The highest BCUT2D eigenvalue weighted by Crippen LogP contribution is 2.19. The lowest BCUT2D eigenvalue weighted by Gasteiger charge is -2.32. The van der Waals surface area contributed by atoms with Gasteiger partial charge in [0.1, 0.15) is 6.04 Å². The van der Waals surface area contributed by atoms with Crippen molar-refractivity contribution in [2.24, 2.45) is 0 Å². The Kier molecular flexibility index (Phi) is 9.89. The molecule has 5 heteroatoms. The van der Waals surface area contributed by atoms with Gasteiger partial charge in [-0.2, -0.15) is 0 Å². The van der Waals surface area contributed by atoms with Crippen LogP contribution in [0.15, 0.2) is 83.3 Å². The van der Waals surface area contributed by atoms with E-state index in [1.54, 1.807) is 4.90 Å². The topological polar surface area (TPSA) is 49.4 Å². The van der Waals surface area contributed by atoms with Gasteiger partial charge in [-0.1, -0.05) is 102 Å². The minimum Gasteiger partial charge on any atom is -0.354 e. The molecule has 4 nitrogen and oxygen atoms in total. The van der Waals surface area contributed by atoms with E-state index < -0.39 is 6.04 Å². The summed E-state index contributed by atoms with van der Waals surface area (Å²) in [5, 5.41) is 3.07. The van der Waals surface area contributed by atoms with Crippen molar-refractivity contribution in [1.82, 2.24) is 10.2 Å². The second kappa shape index (κ2) is 13.1. The second-order valence-corrected chi connectivity index (χ2v) is 9.58. The van der Waals surface area contributed by atoms with Gasteiger partial charge in [-0.25, -0.2) is 0 Å². The summed E-state index contributed by atoms with van der Waals surface area (Å²) in [5.74, 6) is -0.167. The van der Waals surface area contributed by atoms with Gasteiger partial charge in [0.05, 0.1) is 6.42 Å². The van der Waals surface area contributed by atoms with Crippen molar-refractivity contribution < 1.29 is 9.59 Å². The molecule has 0 spiro atoms. The number of nitrogens with zero attached hydrogens (tertiary/aromatic N) is 1. The fraction of sp³-hybridized carbons (Fsp3) is 0.310. The predicted molar refractivity (Wildman–Crippen MR) is 141 cm³/mol. The number of halogens is 1.